The van der Waals surface area contributed by atoms with Gasteiger partial charge in [-0.1, -0.05) is 0 Å². The zero-order valence-corrected chi connectivity index (χ0v) is 16.6. The van der Waals surface area contributed by atoms with Crippen molar-refractivity contribution >= 4 is 11.6 Å². The number of nitrogens with one attached hydrogen (secondary N) is 1. The summed E-state index contributed by atoms with van der Waals surface area (Å²) < 4.78 is 27.0. The SMILES string of the molecule is COc1cncc(-c2cnc(NCc3c(F)ccc4c3CCO4)n3cc(C#N)nc23)c1. The number of hydrogen-bond donors (Lipinski definition) is 1. The molecule has 1 aromatic carbocycles. The number of hydrogen-bond acceptors (Lipinski definition) is 7. The molecule has 4 heterocycles. The lowest BCUT2D eigenvalue weighted by Gasteiger charge is -2.13. The highest BCUT2D eigenvalue weighted by atomic mass is 19.1. The van der Waals surface area contributed by atoms with Gasteiger partial charge < -0.3 is 14.8 Å². The fourth-order valence-electron chi connectivity index (χ4n) is 3.72. The highest BCUT2D eigenvalue weighted by Gasteiger charge is 2.20. The normalized spacial score (nSPS) is 12.3. The van der Waals surface area contributed by atoms with Crippen LogP contribution in [0, 0.1) is 17.1 Å². The van der Waals surface area contributed by atoms with E-state index < -0.39 is 0 Å². The van der Waals surface area contributed by atoms with Crippen molar-refractivity contribution in [3.63, 3.8) is 0 Å². The van der Waals surface area contributed by atoms with Crippen molar-refractivity contribution in [2.75, 3.05) is 19.0 Å². The molecule has 1 N–H and O–H groups in total. The Morgan fingerprint density at radius 2 is 2.23 bits per heavy atom. The van der Waals surface area contributed by atoms with Crippen LogP contribution in [0.2, 0.25) is 0 Å². The minimum Gasteiger partial charge on any atom is -0.495 e. The molecule has 0 aliphatic carbocycles. The van der Waals surface area contributed by atoms with Crippen molar-refractivity contribution < 1.29 is 13.9 Å². The largest absolute Gasteiger partial charge is 0.495 e. The maximum Gasteiger partial charge on any atom is 0.208 e. The zero-order valence-electron chi connectivity index (χ0n) is 16.6. The summed E-state index contributed by atoms with van der Waals surface area (Å²) in [5, 5.41) is 12.5. The van der Waals surface area contributed by atoms with E-state index in [1.165, 1.54) is 6.07 Å². The van der Waals surface area contributed by atoms with Gasteiger partial charge >= 0.3 is 0 Å². The van der Waals surface area contributed by atoms with Crippen LogP contribution in [0.25, 0.3) is 16.8 Å². The number of anilines is 1. The van der Waals surface area contributed by atoms with Crippen LogP contribution in [0.5, 0.6) is 11.5 Å². The first kappa shape index (κ1) is 18.8. The van der Waals surface area contributed by atoms with E-state index in [0.717, 1.165) is 11.1 Å². The molecule has 0 fully saturated rings. The van der Waals surface area contributed by atoms with Crippen molar-refractivity contribution in [3.8, 4) is 28.7 Å². The highest BCUT2D eigenvalue weighted by Crippen LogP contribution is 2.31. The van der Waals surface area contributed by atoms with Crippen LogP contribution in [0.15, 0.2) is 43.0 Å². The average molecular weight is 416 g/mol. The third-order valence-electron chi connectivity index (χ3n) is 5.23. The molecule has 4 aromatic rings. The van der Waals surface area contributed by atoms with E-state index in [0.29, 0.717) is 47.2 Å². The number of aromatic nitrogens is 4. The molecule has 3 aromatic heterocycles. The zero-order chi connectivity index (χ0) is 21.4. The molecule has 9 heteroatoms. The molecule has 0 unspecified atom stereocenters. The Labute approximate surface area is 176 Å². The monoisotopic (exact) mass is 416 g/mol. The summed E-state index contributed by atoms with van der Waals surface area (Å²) >= 11 is 0. The maximum atomic E-state index is 14.5. The molecule has 0 amide bonds. The fourth-order valence-corrected chi connectivity index (χ4v) is 3.72. The van der Waals surface area contributed by atoms with Gasteiger partial charge in [0.2, 0.25) is 5.95 Å². The smallest absolute Gasteiger partial charge is 0.208 e. The number of benzene rings is 1. The first-order valence-electron chi connectivity index (χ1n) is 9.62. The Hall–Kier alpha value is -4.19. The molecule has 31 heavy (non-hydrogen) atoms. The summed E-state index contributed by atoms with van der Waals surface area (Å²) in [6.07, 6.45) is 7.19. The van der Waals surface area contributed by atoms with Crippen LogP contribution in [0.3, 0.4) is 0 Å². The average Bonchev–Trinajstić information content (AvgIpc) is 3.45. The van der Waals surface area contributed by atoms with Crippen LogP contribution >= 0.6 is 0 Å². The predicted octanol–water partition coefficient (Wildman–Crippen LogP) is 3.36. The Kier molecular flexibility index (Phi) is 4.59. The lowest BCUT2D eigenvalue weighted by Crippen LogP contribution is -2.09. The lowest BCUT2D eigenvalue weighted by atomic mass is 10.0. The predicted molar refractivity (Wildman–Crippen MR) is 110 cm³/mol. The van der Waals surface area contributed by atoms with E-state index in [1.54, 1.807) is 42.4 Å². The first-order valence-corrected chi connectivity index (χ1v) is 9.62. The summed E-state index contributed by atoms with van der Waals surface area (Å²) in [6, 6.07) is 6.94. The number of pyridine rings is 1. The molecule has 8 nitrogen and oxygen atoms in total. The Bertz CT molecular complexity index is 1340. The number of halogens is 1. The van der Waals surface area contributed by atoms with Gasteiger partial charge in [-0.15, -0.1) is 0 Å². The minimum atomic E-state index is -0.296. The van der Waals surface area contributed by atoms with Gasteiger partial charge in [-0.25, -0.2) is 14.4 Å². The Morgan fingerprint density at radius 3 is 3.06 bits per heavy atom. The van der Waals surface area contributed by atoms with Gasteiger partial charge in [0.05, 0.1) is 26.1 Å². The number of methoxy groups -OCH3 is 1. The van der Waals surface area contributed by atoms with Crippen molar-refractivity contribution in [3.05, 3.63) is 65.6 Å². The molecular weight excluding hydrogens is 399 g/mol. The molecule has 0 bridgehead atoms. The van der Waals surface area contributed by atoms with Gasteiger partial charge in [0, 0.05) is 47.6 Å². The van der Waals surface area contributed by atoms with Gasteiger partial charge in [-0.3, -0.25) is 9.38 Å². The topological polar surface area (TPSA) is 97.4 Å². The van der Waals surface area contributed by atoms with Gasteiger partial charge in [-0.05, 0) is 18.2 Å². The van der Waals surface area contributed by atoms with Gasteiger partial charge in [0.15, 0.2) is 11.3 Å². The minimum absolute atomic E-state index is 0.223. The van der Waals surface area contributed by atoms with Crippen molar-refractivity contribution in [2.24, 2.45) is 0 Å². The van der Waals surface area contributed by atoms with E-state index in [-0.39, 0.29) is 18.1 Å². The standard InChI is InChI=1S/C22H17FN6O2/c1-30-15-6-13(8-25-9-15)17-10-26-22(29-12-14(7-24)28-21(17)29)27-11-18-16-4-5-31-20(16)3-2-19(18)23/h2-3,6,8-10,12H,4-5,11H2,1H3,(H,26,27). The number of imidazole rings is 1. The van der Waals surface area contributed by atoms with Crippen LogP contribution in [0.4, 0.5) is 10.3 Å². The number of rotatable bonds is 5. The number of fused-ring (bicyclic) bond motifs is 2. The van der Waals surface area contributed by atoms with E-state index in [2.05, 4.69) is 26.3 Å². The molecule has 1 aliphatic rings. The van der Waals surface area contributed by atoms with Crippen LogP contribution in [0.1, 0.15) is 16.8 Å². The van der Waals surface area contributed by atoms with Crippen molar-refractivity contribution in [1.82, 2.24) is 19.4 Å². The molecule has 0 atom stereocenters. The summed E-state index contributed by atoms with van der Waals surface area (Å²) in [5.74, 6) is 1.46. The molecule has 1 aliphatic heterocycles. The molecule has 0 spiro atoms. The van der Waals surface area contributed by atoms with Crippen LogP contribution in [-0.4, -0.2) is 33.1 Å². The summed E-state index contributed by atoms with van der Waals surface area (Å²) in [7, 11) is 1.56. The second-order valence-corrected chi connectivity index (χ2v) is 7.00. The van der Waals surface area contributed by atoms with Crippen molar-refractivity contribution in [2.45, 2.75) is 13.0 Å². The number of nitriles is 1. The van der Waals surface area contributed by atoms with Crippen LogP contribution in [-0.2, 0) is 13.0 Å². The van der Waals surface area contributed by atoms with Crippen molar-refractivity contribution in [1.29, 1.82) is 5.26 Å². The van der Waals surface area contributed by atoms with E-state index in [9.17, 15) is 9.65 Å². The van der Waals surface area contributed by atoms with E-state index >= 15 is 0 Å². The summed E-state index contributed by atoms with van der Waals surface area (Å²) in [6.45, 7) is 0.769. The Balaban J connectivity index is 1.55. The molecule has 0 saturated heterocycles. The van der Waals surface area contributed by atoms with E-state index in [4.69, 9.17) is 9.47 Å². The van der Waals surface area contributed by atoms with Gasteiger partial charge in [0.1, 0.15) is 23.4 Å². The maximum absolute atomic E-state index is 14.5. The van der Waals surface area contributed by atoms with Gasteiger partial charge in [-0.2, -0.15) is 5.26 Å². The first-order chi connectivity index (χ1) is 15.2. The molecular formula is C22H17FN6O2. The van der Waals surface area contributed by atoms with Gasteiger partial charge in [0.25, 0.3) is 0 Å². The fraction of sp³-hybridized carbons (Fsp3) is 0.182. The lowest BCUT2D eigenvalue weighted by molar-refractivity contribution is 0.356. The molecule has 0 radical (unpaired) electrons. The quantitative estimate of drug-likeness (QED) is 0.533. The number of nitrogens with zero attached hydrogens (tertiary/aromatic N) is 5. The Morgan fingerprint density at radius 1 is 1.32 bits per heavy atom. The highest BCUT2D eigenvalue weighted by molar-refractivity contribution is 5.78. The number of ether oxygens (including phenoxy) is 2. The molecule has 5 rings (SSSR count). The van der Waals surface area contributed by atoms with Crippen LogP contribution < -0.4 is 14.8 Å². The second-order valence-electron chi connectivity index (χ2n) is 7.00. The third-order valence-corrected chi connectivity index (χ3v) is 5.23. The molecule has 154 valence electrons. The summed E-state index contributed by atoms with van der Waals surface area (Å²) in [5.41, 5.74) is 3.64. The van der Waals surface area contributed by atoms with E-state index in [1.807, 2.05) is 6.07 Å². The third kappa shape index (κ3) is 3.28. The second kappa shape index (κ2) is 7.57. The molecule has 0 saturated carbocycles. The summed E-state index contributed by atoms with van der Waals surface area (Å²) in [4.78, 5) is 13.1.